The number of hydrogen-bond acceptors (Lipinski definition) is 6. The van der Waals surface area contributed by atoms with Gasteiger partial charge >= 0.3 is 5.97 Å². The molecule has 1 atom stereocenters. The number of esters is 1. The van der Waals surface area contributed by atoms with Gasteiger partial charge in [0.05, 0.1) is 23.5 Å². The van der Waals surface area contributed by atoms with E-state index < -0.39 is 23.5 Å². The summed E-state index contributed by atoms with van der Waals surface area (Å²) in [6, 6.07) is 13.7. The van der Waals surface area contributed by atoms with Crippen LogP contribution in [0.25, 0.3) is 0 Å². The van der Waals surface area contributed by atoms with E-state index in [-0.39, 0.29) is 24.6 Å². The molecule has 0 unspecified atom stereocenters. The number of anilines is 3. The summed E-state index contributed by atoms with van der Waals surface area (Å²) >= 11 is 0. The first-order chi connectivity index (χ1) is 14.3. The van der Waals surface area contributed by atoms with Gasteiger partial charge in [0.25, 0.3) is 5.91 Å². The van der Waals surface area contributed by atoms with Crippen LogP contribution >= 0.6 is 0 Å². The summed E-state index contributed by atoms with van der Waals surface area (Å²) in [6.07, 6.45) is -1.12. The molecule has 0 fully saturated rings. The van der Waals surface area contributed by atoms with Crippen LogP contribution in [-0.4, -0.2) is 47.7 Å². The molecule has 8 heteroatoms. The van der Waals surface area contributed by atoms with E-state index in [0.29, 0.717) is 17.1 Å². The Balaban J connectivity index is 1.84. The van der Waals surface area contributed by atoms with E-state index in [1.807, 2.05) is 0 Å². The van der Waals surface area contributed by atoms with Crippen LogP contribution in [-0.2, 0) is 14.3 Å². The molecule has 0 bridgehead atoms. The molecule has 2 aromatic carbocycles. The Morgan fingerprint density at radius 2 is 1.83 bits per heavy atom. The van der Waals surface area contributed by atoms with Crippen molar-refractivity contribution in [3.63, 3.8) is 0 Å². The summed E-state index contributed by atoms with van der Waals surface area (Å²) in [4.78, 5) is 39.9. The van der Waals surface area contributed by atoms with Crippen LogP contribution in [0.15, 0.2) is 48.5 Å². The van der Waals surface area contributed by atoms with Gasteiger partial charge in [-0.1, -0.05) is 24.3 Å². The summed E-state index contributed by atoms with van der Waals surface area (Å²) in [5, 5.41) is 14.7. The molecule has 158 valence electrons. The van der Waals surface area contributed by atoms with Crippen molar-refractivity contribution >= 4 is 34.8 Å². The molecule has 30 heavy (non-hydrogen) atoms. The number of nitrogens with one attached hydrogen (secondary N) is 2. The van der Waals surface area contributed by atoms with Crippen molar-refractivity contribution in [2.45, 2.75) is 32.4 Å². The van der Waals surface area contributed by atoms with Crippen molar-refractivity contribution in [1.82, 2.24) is 0 Å². The Morgan fingerprint density at radius 3 is 2.57 bits per heavy atom. The highest BCUT2D eigenvalue weighted by Gasteiger charge is 2.45. The Bertz CT molecular complexity index is 973. The molecular formula is C22H25N3O5. The van der Waals surface area contributed by atoms with E-state index in [1.54, 1.807) is 62.4 Å². The molecule has 0 saturated carbocycles. The zero-order chi connectivity index (χ0) is 21.9. The number of fused-ring (bicyclic) bond motifs is 1. The number of rotatable bonds is 6. The molecule has 2 amide bonds. The van der Waals surface area contributed by atoms with E-state index in [0.717, 1.165) is 0 Å². The molecule has 0 saturated heterocycles. The summed E-state index contributed by atoms with van der Waals surface area (Å²) < 4.78 is 5.45. The second-order valence-corrected chi connectivity index (χ2v) is 7.45. The van der Waals surface area contributed by atoms with E-state index in [2.05, 4.69) is 10.6 Å². The fraction of sp³-hybridized carbons (Fsp3) is 0.318. The lowest BCUT2D eigenvalue weighted by Gasteiger charge is -2.42. The standard InChI is InChI=1S/C22H25N3O5/c1-14(30-20(28)15-8-4-5-9-16(15)23-12-13-26)19(27)25-18-11-7-6-10-17(18)24-21(29)22(25,2)3/h4-11,14,23,26H,12-13H2,1-3H3,(H,24,29)/t14-/m1/s1. The van der Waals surface area contributed by atoms with Gasteiger partial charge in [-0.3, -0.25) is 14.5 Å². The zero-order valence-corrected chi connectivity index (χ0v) is 17.1. The van der Waals surface area contributed by atoms with Crippen LogP contribution in [0, 0.1) is 0 Å². The third-order valence-electron chi connectivity index (χ3n) is 4.93. The maximum atomic E-state index is 13.3. The zero-order valence-electron chi connectivity index (χ0n) is 17.1. The van der Waals surface area contributed by atoms with Crippen molar-refractivity contribution in [2.75, 3.05) is 28.7 Å². The smallest absolute Gasteiger partial charge is 0.341 e. The number of para-hydroxylation sites is 3. The highest BCUT2D eigenvalue weighted by molar-refractivity contribution is 6.15. The quantitative estimate of drug-likeness (QED) is 0.630. The summed E-state index contributed by atoms with van der Waals surface area (Å²) in [6.45, 7) is 4.93. The summed E-state index contributed by atoms with van der Waals surface area (Å²) in [5.41, 5.74) is 0.653. The number of aliphatic hydroxyl groups is 1. The molecule has 1 aliphatic heterocycles. The number of benzene rings is 2. The van der Waals surface area contributed by atoms with Gasteiger partial charge in [-0.15, -0.1) is 0 Å². The van der Waals surface area contributed by atoms with Crippen LogP contribution in [0.4, 0.5) is 17.1 Å². The minimum Gasteiger partial charge on any atom is -0.449 e. The maximum absolute atomic E-state index is 13.3. The van der Waals surface area contributed by atoms with Crippen LogP contribution in [0.2, 0.25) is 0 Å². The highest BCUT2D eigenvalue weighted by atomic mass is 16.5. The topological polar surface area (TPSA) is 108 Å². The lowest BCUT2D eigenvalue weighted by atomic mass is 9.95. The first kappa shape index (κ1) is 21.3. The predicted molar refractivity (Wildman–Crippen MR) is 114 cm³/mol. The second kappa shape index (κ2) is 8.54. The van der Waals surface area contributed by atoms with Crippen LogP contribution in [0.3, 0.4) is 0 Å². The summed E-state index contributed by atoms with van der Waals surface area (Å²) in [5.74, 6) is -1.51. The van der Waals surface area contributed by atoms with Crippen molar-refractivity contribution in [1.29, 1.82) is 0 Å². The van der Waals surface area contributed by atoms with E-state index >= 15 is 0 Å². The van der Waals surface area contributed by atoms with Crippen molar-refractivity contribution in [3.8, 4) is 0 Å². The fourth-order valence-electron chi connectivity index (χ4n) is 3.31. The second-order valence-electron chi connectivity index (χ2n) is 7.45. The van der Waals surface area contributed by atoms with Crippen molar-refractivity contribution in [3.05, 3.63) is 54.1 Å². The monoisotopic (exact) mass is 411 g/mol. The minimum atomic E-state index is -1.16. The maximum Gasteiger partial charge on any atom is 0.341 e. The number of nitrogens with zero attached hydrogens (tertiary/aromatic N) is 1. The molecule has 3 N–H and O–H groups in total. The SMILES string of the molecule is C[C@@H](OC(=O)c1ccccc1NCCO)C(=O)N1c2ccccc2NC(=O)C1(C)C. The van der Waals surface area contributed by atoms with Gasteiger partial charge < -0.3 is 20.5 Å². The van der Waals surface area contributed by atoms with Crippen molar-refractivity contribution < 1.29 is 24.2 Å². The molecule has 1 aliphatic rings. The average Bonchev–Trinajstić information content (AvgIpc) is 2.72. The largest absolute Gasteiger partial charge is 0.449 e. The number of carbonyl (C=O) groups is 3. The van der Waals surface area contributed by atoms with Gasteiger partial charge in [-0.2, -0.15) is 0 Å². The molecule has 8 nitrogen and oxygen atoms in total. The Labute approximate surface area is 174 Å². The van der Waals surface area contributed by atoms with Gasteiger partial charge in [0.2, 0.25) is 5.91 Å². The highest BCUT2D eigenvalue weighted by Crippen LogP contribution is 2.37. The third kappa shape index (κ3) is 3.99. The molecule has 3 rings (SSSR count). The van der Waals surface area contributed by atoms with Gasteiger partial charge in [0, 0.05) is 12.2 Å². The number of hydrogen-bond donors (Lipinski definition) is 3. The number of amides is 2. The lowest BCUT2D eigenvalue weighted by molar-refractivity contribution is -0.131. The first-order valence-corrected chi connectivity index (χ1v) is 9.66. The average molecular weight is 411 g/mol. The molecule has 1 heterocycles. The number of aliphatic hydroxyl groups excluding tert-OH is 1. The number of ether oxygens (including phenoxy) is 1. The predicted octanol–water partition coefficient (Wildman–Crippen LogP) is 2.40. The molecule has 0 spiro atoms. The van der Waals surface area contributed by atoms with Crippen LogP contribution in [0.1, 0.15) is 31.1 Å². The molecular weight excluding hydrogens is 386 g/mol. The molecule has 0 aromatic heterocycles. The lowest BCUT2D eigenvalue weighted by Crippen LogP contribution is -2.60. The van der Waals surface area contributed by atoms with Gasteiger partial charge in [-0.25, -0.2) is 4.79 Å². The minimum absolute atomic E-state index is 0.0935. The Hall–Kier alpha value is -3.39. The van der Waals surface area contributed by atoms with E-state index in [9.17, 15) is 14.4 Å². The van der Waals surface area contributed by atoms with Gasteiger partial charge in [0.1, 0.15) is 5.54 Å². The first-order valence-electron chi connectivity index (χ1n) is 9.66. The van der Waals surface area contributed by atoms with Crippen LogP contribution in [0.5, 0.6) is 0 Å². The molecule has 2 aromatic rings. The fourth-order valence-corrected chi connectivity index (χ4v) is 3.31. The van der Waals surface area contributed by atoms with Gasteiger partial charge in [0.15, 0.2) is 6.10 Å². The Morgan fingerprint density at radius 1 is 1.17 bits per heavy atom. The van der Waals surface area contributed by atoms with Gasteiger partial charge in [-0.05, 0) is 45.0 Å². The Kier molecular flexibility index (Phi) is 6.07. The van der Waals surface area contributed by atoms with Crippen LogP contribution < -0.4 is 15.5 Å². The molecule has 0 aliphatic carbocycles. The van der Waals surface area contributed by atoms with Crippen molar-refractivity contribution in [2.24, 2.45) is 0 Å². The third-order valence-corrected chi connectivity index (χ3v) is 4.93. The number of carbonyl (C=O) groups excluding carboxylic acids is 3. The van der Waals surface area contributed by atoms with E-state index in [4.69, 9.17) is 9.84 Å². The molecule has 0 radical (unpaired) electrons. The summed E-state index contributed by atoms with van der Waals surface area (Å²) in [7, 11) is 0. The van der Waals surface area contributed by atoms with E-state index in [1.165, 1.54) is 11.8 Å². The normalized spacial score (nSPS) is 15.6.